The van der Waals surface area contributed by atoms with Crippen LogP contribution in [0.2, 0.25) is 0 Å². The first kappa shape index (κ1) is 15.5. The number of hydrogen-bond acceptors (Lipinski definition) is 3. The lowest BCUT2D eigenvalue weighted by molar-refractivity contribution is -0.127. The average molecular weight is 265 g/mol. The molecule has 0 spiro atoms. The quantitative estimate of drug-likeness (QED) is 0.743. The monoisotopic (exact) mass is 265 g/mol. The smallest absolute Gasteiger partial charge is 0.260 e. The summed E-state index contributed by atoms with van der Waals surface area (Å²) >= 11 is 0. The van der Waals surface area contributed by atoms with Crippen molar-refractivity contribution in [1.29, 1.82) is 0 Å². The lowest BCUT2D eigenvalue weighted by Gasteiger charge is -2.17. The molecule has 106 valence electrons. The summed E-state index contributed by atoms with van der Waals surface area (Å²) in [6, 6.07) is 5.55. The molecule has 1 rings (SSSR count). The number of carbonyl (C=O) groups excluding carboxylic acids is 1. The maximum atomic E-state index is 11.8. The van der Waals surface area contributed by atoms with Crippen molar-refractivity contribution in [2.24, 2.45) is 0 Å². The summed E-state index contributed by atoms with van der Waals surface area (Å²) in [5.41, 5.74) is 1.75. The standard InChI is InChI=1S/C15H23NO3/c1-4-5-8-16-15(18)12(3)19-14-7-6-11(2)9-13(14)10-17/h6-7,9,12,17H,4-5,8,10H2,1-3H3,(H,16,18). The average Bonchev–Trinajstić information content (AvgIpc) is 2.40. The molecular formula is C15H23NO3. The Hall–Kier alpha value is -1.55. The van der Waals surface area contributed by atoms with Crippen molar-refractivity contribution in [2.75, 3.05) is 6.54 Å². The predicted molar refractivity (Wildman–Crippen MR) is 75.1 cm³/mol. The molecule has 0 aromatic heterocycles. The molecule has 1 aromatic carbocycles. The van der Waals surface area contributed by atoms with Gasteiger partial charge in [-0.1, -0.05) is 31.0 Å². The van der Waals surface area contributed by atoms with Crippen LogP contribution in [0.5, 0.6) is 5.75 Å². The molecule has 0 radical (unpaired) electrons. The van der Waals surface area contributed by atoms with Gasteiger partial charge in [-0.3, -0.25) is 4.79 Å². The van der Waals surface area contributed by atoms with E-state index in [4.69, 9.17) is 4.74 Å². The van der Waals surface area contributed by atoms with Crippen LogP contribution >= 0.6 is 0 Å². The van der Waals surface area contributed by atoms with Gasteiger partial charge in [0.15, 0.2) is 6.10 Å². The fourth-order valence-electron chi connectivity index (χ4n) is 1.72. The zero-order valence-corrected chi connectivity index (χ0v) is 11.9. The molecule has 4 nitrogen and oxygen atoms in total. The number of amides is 1. The number of aryl methyl sites for hydroxylation is 1. The molecule has 1 unspecified atom stereocenters. The molecule has 1 atom stereocenters. The normalized spacial score (nSPS) is 12.0. The zero-order valence-electron chi connectivity index (χ0n) is 11.9. The Kier molecular flexibility index (Phi) is 6.36. The maximum Gasteiger partial charge on any atom is 0.260 e. The van der Waals surface area contributed by atoms with E-state index in [-0.39, 0.29) is 12.5 Å². The van der Waals surface area contributed by atoms with Gasteiger partial charge in [-0.05, 0) is 26.3 Å². The molecule has 0 heterocycles. The van der Waals surface area contributed by atoms with Crippen LogP contribution in [0.1, 0.15) is 37.8 Å². The molecule has 0 aliphatic carbocycles. The number of benzene rings is 1. The van der Waals surface area contributed by atoms with Crippen LogP contribution in [0, 0.1) is 6.92 Å². The molecule has 0 aliphatic heterocycles. The Bertz CT molecular complexity index is 418. The lowest BCUT2D eigenvalue weighted by atomic mass is 10.1. The van der Waals surface area contributed by atoms with Gasteiger partial charge >= 0.3 is 0 Å². The summed E-state index contributed by atoms with van der Waals surface area (Å²) in [5.74, 6) is 0.434. The molecule has 0 saturated carbocycles. The highest BCUT2D eigenvalue weighted by Gasteiger charge is 2.15. The van der Waals surface area contributed by atoms with Gasteiger partial charge in [0, 0.05) is 12.1 Å². The highest BCUT2D eigenvalue weighted by molar-refractivity contribution is 5.80. The van der Waals surface area contributed by atoms with E-state index in [1.54, 1.807) is 13.0 Å². The second kappa shape index (κ2) is 7.79. The lowest BCUT2D eigenvalue weighted by Crippen LogP contribution is -2.36. The number of carbonyl (C=O) groups is 1. The van der Waals surface area contributed by atoms with E-state index in [0.717, 1.165) is 18.4 Å². The van der Waals surface area contributed by atoms with E-state index in [0.29, 0.717) is 17.9 Å². The van der Waals surface area contributed by atoms with Crippen LogP contribution in [0.25, 0.3) is 0 Å². The Morgan fingerprint density at radius 3 is 2.84 bits per heavy atom. The minimum Gasteiger partial charge on any atom is -0.481 e. The Labute approximate surface area is 114 Å². The fraction of sp³-hybridized carbons (Fsp3) is 0.533. The Morgan fingerprint density at radius 1 is 1.47 bits per heavy atom. The van der Waals surface area contributed by atoms with Crippen molar-refractivity contribution >= 4 is 5.91 Å². The first-order valence-electron chi connectivity index (χ1n) is 6.73. The Balaban J connectivity index is 2.60. The molecule has 0 bridgehead atoms. The second-order valence-electron chi connectivity index (χ2n) is 4.67. The molecule has 1 aromatic rings. The van der Waals surface area contributed by atoms with Crippen molar-refractivity contribution in [3.63, 3.8) is 0 Å². The van der Waals surface area contributed by atoms with E-state index >= 15 is 0 Å². The molecule has 0 fully saturated rings. The molecule has 1 amide bonds. The second-order valence-corrected chi connectivity index (χ2v) is 4.67. The van der Waals surface area contributed by atoms with Gasteiger partial charge in [0.2, 0.25) is 0 Å². The molecule has 0 aliphatic rings. The van der Waals surface area contributed by atoms with Gasteiger partial charge in [-0.25, -0.2) is 0 Å². The van der Waals surface area contributed by atoms with Crippen LogP contribution in [0.15, 0.2) is 18.2 Å². The van der Waals surface area contributed by atoms with E-state index in [1.807, 2.05) is 19.1 Å². The summed E-state index contributed by atoms with van der Waals surface area (Å²) in [5, 5.41) is 12.1. The summed E-state index contributed by atoms with van der Waals surface area (Å²) < 4.78 is 5.61. The van der Waals surface area contributed by atoms with Gasteiger partial charge in [0.25, 0.3) is 5.91 Å². The summed E-state index contributed by atoms with van der Waals surface area (Å²) in [6.45, 7) is 6.31. The van der Waals surface area contributed by atoms with Crippen molar-refractivity contribution in [3.05, 3.63) is 29.3 Å². The van der Waals surface area contributed by atoms with Crippen LogP contribution in [-0.4, -0.2) is 23.7 Å². The Morgan fingerprint density at radius 2 is 2.21 bits per heavy atom. The van der Waals surface area contributed by atoms with Crippen molar-refractivity contribution in [3.8, 4) is 5.75 Å². The minimum absolute atomic E-state index is 0.0960. The SMILES string of the molecule is CCCCNC(=O)C(C)Oc1ccc(C)cc1CO. The van der Waals surface area contributed by atoms with Gasteiger partial charge in [0.1, 0.15) is 5.75 Å². The minimum atomic E-state index is -0.565. The largest absolute Gasteiger partial charge is 0.481 e. The van der Waals surface area contributed by atoms with Crippen LogP contribution in [-0.2, 0) is 11.4 Å². The van der Waals surface area contributed by atoms with Gasteiger partial charge in [-0.15, -0.1) is 0 Å². The summed E-state index contributed by atoms with van der Waals surface area (Å²) in [4.78, 5) is 11.8. The molecule has 0 saturated heterocycles. The number of nitrogens with one attached hydrogen (secondary N) is 1. The maximum absolute atomic E-state index is 11.8. The van der Waals surface area contributed by atoms with E-state index < -0.39 is 6.10 Å². The first-order valence-corrected chi connectivity index (χ1v) is 6.73. The van der Waals surface area contributed by atoms with E-state index in [1.165, 1.54) is 0 Å². The van der Waals surface area contributed by atoms with Crippen LogP contribution in [0.4, 0.5) is 0 Å². The van der Waals surface area contributed by atoms with Gasteiger partial charge in [-0.2, -0.15) is 0 Å². The highest BCUT2D eigenvalue weighted by Crippen LogP contribution is 2.21. The third-order valence-electron chi connectivity index (χ3n) is 2.89. The van der Waals surface area contributed by atoms with Crippen LogP contribution < -0.4 is 10.1 Å². The van der Waals surface area contributed by atoms with Gasteiger partial charge < -0.3 is 15.2 Å². The summed E-state index contributed by atoms with van der Waals surface area (Å²) in [7, 11) is 0. The van der Waals surface area contributed by atoms with Crippen molar-refractivity contribution in [1.82, 2.24) is 5.32 Å². The number of aliphatic hydroxyl groups excluding tert-OH is 1. The molecule has 19 heavy (non-hydrogen) atoms. The highest BCUT2D eigenvalue weighted by atomic mass is 16.5. The number of aliphatic hydroxyl groups is 1. The first-order chi connectivity index (χ1) is 9.08. The third-order valence-corrected chi connectivity index (χ3v) is 2.89. The number of ether oxygens (including phenoxy) is 1. The number of unbranched alkanes of at least 4 members (excludes halogenated alkanes) is 1. The van der Waals surface area contributed by atoms with E-state index in [9.17, 15) is 9.90 Å². The van der Waals surface area contributed by atoms with Crippen molar-refractivity contribution < 1.29 is 14.6 Å². The topological polar surface area (TPSA) is 58.6 Å². The fourth-order valence-corrected chi connectivity index (χ4v) is 1.72. The summed E-state index contributed by atoms with van der Waals surface area (Å²) in [6.07, 6.45) is 1.44. The van der Waals surface area contributed by atoms with Crippen molar-refractivity contribution in [2.45, 2.75) is 46.3 Å². The van der Waals surface area contributed by atoms with Crippen LogP contribution in [0.3, 0.4) is 0 Å². The molecule has 2 N–H and O–H groups in total. The number of rotatable bonds is 7. The zero-order chi connectivity index (χ0) is 14.3. The third kappa shape index (κ3) is 4.91. The van der Waals surface area contributed by atoms with Gasteiger partial charge in [0.05, 0.1) is 6.61 Å². The molecule has 4 heteroatoms. The van der Waals surface area contributed by atoms with E-state index in [2.05, 4.69) is 12.2 Å². The molecular weight excluding hydrogens is 242 g/mol. The number of hydrogen-bond donors (Lipinski definition) is 2. The predicted octanol–water partition coefficient (Wildman–Crippen LogP) is 2.17.